The van der Waals surface area contributed by atoms with Crippen LogP contribution in [0.2, 0.25) is 0 Å². The predicted octanol–water partition coefficient (Wildman–Crippen LogP) is 13.7. The zero-order chi connectivity index (χ0) is 34.9. The average molecular weight is 676 g/mol. The zero-order valence-corrected chi connectivity index (χ0v) is 28.9. The van der Waals surface area contributed by atoms with E-state index in [9.17, 15) is 0 Å². The number of nitrogens with zero attached hydrogens (tertiary/aromatic N) is 1. The molecule has 0 amide bonds. The van der Waals surface area contributed by atoms with Crippen molar-refractivity contribution in [2.24, 2.45) is 0 Å². The number of anilines is 3. The van der Waals surface area contributed by atoms with E-state index in [2.05, 4.69) is 199 Å². The second kappa shape index (κ2) is 11.6. The van der Waals surface area contributed by atoms with Crippen LogP contribution in [0.25, 0.3) is 54.6 Å². The van der Waals surface area contributed by atoms with Crippen molar-refractivity contribution in [3.8, 4) is 11.1 Å². The summed E-state index contributed by atoms with van der Waals surface area (Å²) in [5.74, 6) is 0. The Hall–Kier alpha value is -6.90. The molecule has 1 heterocycles. The van der Waals surface area contributed by atoms with Gasteiger partial charge in [0.2, 0.25) is 0 Å². The lowest BCUT2D eigenvalue weighted by Crippen LogP contribution is -2.28. The molecule has 0 saturated heterocycles. The third-order valence-corrected chi connectivity index (χ3v) is 11.3. The van der Waals surface area contributed by atoms with Crippen molar-refractivity contribution in [1.82, 2.24) is 0 Å². The first-order chi connectivity index (χ1) is 26.3. The van der Waals surface area contributed by atoms with Crippen LogP contribution < -0.4 is 4.90 Å². The summed E-state index contributed by atoms with van der Waals surface area (Å²) in [6, 6.07) is 72.9. The van der Waals surface area contributed by atoms with Crippen LogP contribution in [0.15, 0.2) is 205 Å². The lowest BCUT2D eigenvalue weighted by atomic mass is 9.67. The number of hydrogen-bond donors (Lipinski definition) is 0. The highest BCUT2D eigenvalue weighted by molar-refractivity contribution is 6.07. The highest BCUT2D eigenvalue weighted by Crippen LogP contribution is 2.58. The topological polar surface area (TPSA) is 16.4 Å². The van der Waals surface area contributed by atoms with Gasteiger partial charge < -0.3 is 9.32 Å². The van der Waals surface area contributed by atoms with E-state index in [0.717, 1.165) is 39.0 Å². The predicted molar refractivity (Wildman–Crippen MR) is 221 cm³/mol. The highest BCUT2D eigenvalue weighted by Gasteiger charge is 2.46. The first-order valence-electron chi connectivity index (χ1n) is 18.3. The van der Waals surface area contributed by atoms with Gasteiger partial charge in [-0.2, -0.15) is 0 Å². The molecular weight excluding hydrogens is 643 g/mol. The molecule has 0 saturated carbocycles. The Labute approximate surface area is 307 Å². The van der Waals surface area contributed by atoms with E-state index in [0.29, 0.717) is 0 Å². The molecule has 0 bridgehead atoms. The van der Waals surface area contributed by atoms with Crippen LogP contribution in [-0.2, 0) is 5.41 Å². The van der Waals surface area contributed by atoms with Crippen molar-refractivity contribution in [2.75, 3.05) is 4.90 Å². The summed E-state index contributed by atoms with van der Waals surface area (Å²) in [4.78, 5) is 2.46. The smallest absolute Gasteiger partial charge is 0.135 e. The largest absolute Gasteiger partial charge is 0.456 e. The van der Waals surface area contributed by atoms with Gasteiger partial charge in [0, 0.05) is 27.2 Å². The minimum absolute atomic E-state index is 0.598. The Morgan fingerprint density at radius 3 is 1.70 bits per heavy atom. The van der Waals surface area contributed by atoms with Gasteiger partial charge in [0.15, 0.2) is 0 Å². The molecule has 0 N–H and O–H groups in total. The molecule has 1 aromatic heterocycles. The van der Waals surface area contributed by atoms with Gasteiger partial charge in [-0.25, -0.2) is 0 Å². The summed E-state index contributed by atoms with van der Waals surface area (Å²) < 4.78 is 6.56. The van der Waals surface area contributed by atoms with Crippen LogP contribution in [0.3, 0.4) is 0 Å². The first-order valence-corrected chi connectivity index (χ1v) is 18.3. The molecule has 9 aromatic carbocycles. The highest BCUT2D eigenvalue weighted by atomic mass is 16.3. The van der Waals surface area contributed by atoms with Crippen LogP contribution in [0.5, 0.6) is 0 Å². The van der Waals surface area contributed by atoms with Crippen molar-refractivity contribution in [3.63, 3.8) is 0 Å². The normalized spacial score (nSPS) is 14.9. The van der Waals surface area contributed by atoms with Crippen molar-refractivity contribution < 1.29 is 4.42 Å². The fourth-order valence-corrected chi connectivity index (χ4v) is 9.06. The molecule has 1 aliphatic rings. The minimum Gasteiger partial charge on any atom is -0.456 e. The monoisotopic (exact) mass is 675 g/mol. The second-order valence-corrected chi connectivity index (χ2v) is 14.0. The van der Waals surface area contributed by atoms with Crippen LogP contribution in [-0.4, -0.2) is 0 Å². The summed E-state index contributed by atoms with van der Waals surface area (Å²) in [5, 5.41) is 7.10. The fourth-order valence-electron chi connectivity index (χ4n) is 9.06. The van der Waals surface area contributed by atoms with Crippen LogP contribution in [0.1, 0.15) is 22.3 Å². The molecule has 2 heteroatoms. The van der Waals surface area contributed by atoms with E-state index < -0.39 is 5.41 Å². The van der Waals surface area contributed by atoms with Gasteiger partial charge in [-0.15, -0.1) is 0 Å². The van der Waals surface area contributed by atoms with Gasteiger partial charge in [-0.05, 0) is 80.6 Å². The van der Waals surface area contributed by atoms with E-state index >= 15 is 0 Å². The third kappa shape index (κ3) is 4.33. The molecule has 0 aliphatic heterocycles. The van der Waals surface area contributed by atoms with Crippen LogP contribution in [0.4, 0.5) is 17.1 Å². The van der Waals surface area contributed by atoms with Gasteiger partial charge in [-0.1, -0.05) is 164 Å². The van der Waals surface area contributed by atoms with Gasteiger partial charge in [-0.3, -0.25) is 0 Å². The van der Waals surface area contributed by atoms with E-state index in [-0.39, 0.29) is 0 Å². The molecule has 2 nitrogen and oxygen atoms in total. The summed E-state index contributed by atoms with van der Waals surface area (Å²) in [7, 11) is 0. The van der Waals surface area contributed by atoms with Gasteiger partial charge in [0.05, 0.1) is 16.8 Å². The summed E-state index contributed by atoms with van der Waals surface area (Å²) in [5.41, 5.74) is 12.0. The number of furan rings is 1. The molecule has 0 spiro atoms. The van der Waals surface area contributed by atoms with Gasteiger partial charge in [0.25, 0.3) is 0 Å². The van der Waals surface area contributed by atoms with Crippen LogP contribution in [0, 0.1) is 0 Å². The number of para-hydroxylation sites is 1. The van der Waals surface area contributed by atoms with Crippen molar-refractivity contribution in [3.05, 3.63) is 222 Å². The standard InChI is InChI=1S/C51H33NO/c1-2-18-36(19-3-1)51(37-28-30-44-43-23-9-11-27-49(43)53-50(44)32-37)45-24-10-8-22-41(45)42-31-29-38(33-46(42)51)52(47-25-12-16-34-14-4-6-20-39(34)47)48-26-13-17-35-15-5-7-21-40(35)48/h1-33H. The third-order valence-electron chi connectivity index (χ3n) is 11.3. The summed E-state index contributed by atoms with van der Waals surface area (Å²) in [6.45, 7) is 0. The lowest BCUT2D eigenvalue weighted by Gasteiger charge is -2.35. The minimum atomic E-state index is -0.598. The van der Waals surface area contributed by atoms with Crippen LogP contribution >= 0.6 is 0 Å². The molecule has 10 aromatic rings. The van der Waals surface area contributed by atoms with Crippen molar-refractivity contribution in [2.45, 2.75) is 5.41 Å². The zero-order valence-electron chi connectivity index (χ0n) is 28.9. The second-order valence-electron chi connectivity index (χ2n) is 14.0. The maximum Gasteiger partial charge on any atom is 0.135 e. The number of rotatable bonds is 5. The Bertz CT molecular complexity index is 2940. The molecule has 53 heavy (non-hydrogen) atoms. The fraction of sp³-hybridized carbons (Fsp3) is 0.0196. The van der Waals surface area contributed by atoms with E-state index in [1.54, 1.807) is 0 Å². The molecule has 1 atom stereocenters. The number of fused-ring (bicyclic) bond motifs is 8. The van der Waals surface area contributed by atoms with E-state index in [1.165, 1.54) is 54.9 Å². The van der Waals surface area contributed by atoms with Crippen molar-refractivity contribution >= 4 is 60.5 Å². The van der Waals surface area contributed by atoms with E-state index in [4.69, 9.17) is 4.42 Å². The molecule has 0 fully saturated rings. The molecule has 0 radical (unpaired) electrons. The Kier molecular flexibility index (Phi) is 6.50. The Balaban J connectivity index is 1.24. The molecule has 1 unspecified atom stereocenters. The van der Waals surface area contributed by atoms with Gasteiger partial charge >= 0.3 is 0 Å². The quantitative estimate of drug-likeness (QED) is 0.181. The lowest BCUT2D eigenvalue weighted by molar-refractivity contribution is 0.665. The molecule has 248 valence electrons. The summed E-state index contributed by atoms with van der Waals surface area (Å²) in [6.07, 6.45) is 0. The maximum absolute atomic E-state index is 6.56. The molecule has 1 aliphatic carbocycles. The average Bonchev–Trinajstić information content (AvgIpc) is 3.75. The SMILES string of the molecule is c1ccc(C2(c3ccc4c(c3)oc3ccccc34)c3ccccc3-c3ccc(N(c4cccc5ccccc45)c4cccc5ccccc45)cc32)cc1. The Morgan fingerprint density at radius 1 is 0.358 bits per heavy atom. The molecule has 11 rings (SSSR count). The maximum atomic E-state index is 6.56. The number of hydrogen-bond acceptors (Lipinski definition) is 2. The first kappa shape index (κ1) is 29.8. The van der Waals surface area contributed by atoms with Gasteiger partial charge in [0.1, 0.15) is 11.2 Å². The molecular formula is C51H33NO. The number of benzene rings is 9. The summed E-state index contributed by atoms with van der Waals surface area (Å²) >= 11 is 0. The van der Waals surface area contributed by atoms with E-state index in [1.807, 2.05) is 6.07 Å². The Morgan fingerprint density at radius 2 is 0.943 bits per heavy atom. The van der Waals surface area contributed by atoms with Crippen molar-refractivity contribution in [1.29, 1.82) is 0 Å².